The quantitative estimate of drug-likeness (QED) is 0.0611. The zero-order valence-electron chi connectivity index (χ0n) is 27.2. The molecule has 0 amide bonds. The molecule has 1 atom stereocenters. The molecule has 2 aromatic rings. The average molecular weight is 614 g/mol. The molecular weight excluding hydrogens is 565 g/mol. The van der Waals surface area contributed by atoms with E-state index in [0.29, 0.717) is 42.4 Å². The molecule has 0 fully saturated rings. The van der Waals surface area contributed by atoms with Gasteiger partial charge in [0.1, 0.15) is 11.4 Å². The van der Waals surface area contributed by atoms with Gasteiger partial charge in [-0.3, -0.25) is 10.1 Å². The maximum Gasteiger partial charge on any atom is 0.269 e. The van der Waals surface area contributed by atoms with Crippen LogP contribution in [-0.4, -0.2) is 54.1 Å². The molecular formula is C32H48N5O5P. The summed E-state index contributed by atoms with van der Waals surface area (Å²) in [5.74, 6) is 0.615. The van der Waals surface area contributed by atoms with Crippen molar-refractivity contribution in [2.24, 2.45) is 10.2 Å². The lowest BCUT2D eigenvalue weighted by Gasteiger charge is -2.43. The van der Waals surface area contributed by atoms with Crippen LogP contribution in [0, 0.1) is 10.1 Å². The summed E-state index contributed by atoms with van der Waals surface area (Å²) in [4.78, 5) is 12.9. The number of hydrogen-bond acceptors (Lipinski definition) is 9. The van der Waals surface area contributed by atoms with Crippen molar-refractivity contribution < 1.29 is 18.7 Å². The highest BCUT2D eigenvalue weighted by atomic mass is 31.2. The maximum atomic E-state index is 11.0. The van der Waals surface area contributed by atoms with Crippen LogP contribution in [0.3, 0.4) is 0 Å². The number of nitrogens with zero attached hydrogens (tertiary/aromatic N) is 5. The molecule has 0 saturated heterocycles. The summed E-state index contributed by atoms with van der Waals surface area (Å²) in [7, 11) is 0.528. The smallest absolute Gasteiger partial charge is 0.269 e. The van der Waals surface area contributed by atoms with Crippen LogP contribution in [0.1, 0.15) is 80.2 Å². The van der Waals surface area contributed by atoms with Gasteiger partial charge in [0.05, 0.1) is 36.5 Å². The molecule has 0 radical (unpaired) electrons. The van der Waals surface area contributed by atoms with Crippen LogP contribution in [0.25, 0.3) is 5.57 Å². The summed E-state index contributed by atoms with van der Waals surface area (Å²) in [6.07, 6.45) is 5.13. The number of non-ortho nitro benzene ring substituents is 1. The third-order valence-corrected chi connectivity index (χ3v) is 9.35. The second-order valence-corrected chi connectivity index (χ2v) is 13.3. The van der Waals surface area contributed by atoms with Crippen LogP contribution < -0.4 is 9.64 Å². The molecule has 0 bridgehead atoms. The highest BCUT2D eigenvalue weighted by Gasteiger charge is 2.32. The fourth-order valence-electron chi connectivity index (χ4n) is 5.32. The average Bonchev–Trinajstić information content (AvgIpc) is 2.94. The monoisotopic (exact) mass is 613 g/mol. The van der Waals surface area contributed by atoms with E-state index in [-0.39, 0.29) is 11.2 Å². The van der Waals surface area contributed by atoms with E-state index in [1.54, 1.807) is 19.2 Å². The minimum absolute atomic E-state index is 0.0130. The lowest BCUT2D eigenvalue weighted by molar-refractivity contribution is -0.384. The zero-order valence-corrected chi connectivity index (χ0v) is 28.1. The molecule has 1 aliphatic rings. The Morgan fingerprint density at radius 2 is 1.67 bits per heavy atom. The Labute approximate surface area is 258 Å². The number of methoxy groups -OCH3 is 1. The Balaban J connectivity index is 1.75. The van der Waals surface area contributed by atoms with Crippen molar-refractivity contribution in [2.45, 2.75) is 92.3 Å². The number of ether oxygens (including phenoxy) is 1. The van der Waals surface area contributed by atoms with Crippen LogP contribution >= 0.6 is 8.53 Å². The lowest BCUT2D eigenvalue weighted by atomic mass is 9.88. The fourth-order valence-corrected chi connectivity index (χ4v) is 7.04. The number of allylic oxidation sites excluding steroid dienone is 1. The van der Waals surface area contributed by atoms with Gasteiger partial charge in [-0.1, -0.05) is 13.0 Å². The number of rotatable bonds is 16. The van der Waals surface area contributed by atoms with E-state index in [0.717, 1.165) is 42.6 Å². The summed E-state index contributed by atoms with van der Waals surface area (Å²) in [5.41, 5.74) is 4.28. The minimum atomic E-state index is -1.10. The minimum Gasteiger partial charge on any atom is -0.494 e. The molecule has 1 unspecified atom stereocenters. The van der Waals surface area contributed by atoms with Crippen molar-refractivity contribution >= 4 is 36.8 Å². The number of anilines is 1. The Morgan fingerprint density at radius 3 is 2.26 bits per heavy atom. The SMILES string of the molecule is CCCOP(OCCCCN1c2cc(OC)c(/N=N/c3ccc([N+](=O)[O-])cc3)cc2C(C)=CC1(C)C)N(C(C)C)C(C)C. The molecule has 43 heavy (non-hydrogen) atoms. The van der Waals surface area contributed by atoms with Gasteiger partial charge in [-0.25, -0.2) is 4.67 Å². The van der Waals surface area contributed by atoms with Gasteiger partial charge in [0, 0.05) is 48.1 Å². The second kappa shape index (κ2) is 15.7. The summed E-state index contributed by atoms with van der Waals surface area (Å²) in [6.45, 7) is 19.7. The van der Waals surface area contributed by atoms with Gasteiger partial charge in [-0.05, 0) is 91.5 Å². The fraction of sp³-hybridized carbons (Fsp3) is 0.562. The summed E-state index contributed by atoms with van der Waals surface area (Å²) >= 11 is 0. The van der Waals surface area contributed by atoms with Gasteiger partial charge < -0.3 is 18.7 Å². The van der Waals surface area contributed by atoms with E-state index in [1.165, 1.54) is 12.1 Å². The van der Waals surface area contributed by atoms with E-state index in [2.05, 4.69) is 81.3 Å². The number of fused-ring (bicyclic) bond motifs is 1. The Morgan fingerprint density at radius 1 is 1.02 bits per heavy atom. The first-order chi connectivity index (χ1) is 20.4. The number of azo groups is 1. The van der Waals surface area contributed by atoms with Crippen molar-refractivity contribution in [3.05, 3.63) is 58.2 Å². The van der Waals surface area contributed by atoms with Gasteiger partial charge in [0.25, 0.3) is 14.2 Å². The van der Waals surface area contributed by atoms with Crippen LogP contribution in [0.2, 0.25) is 0 Å². The van der Waals surface area contributed by atoms with Gasteiger partial charge in [0.2, 0.25) is 0 Å². The van der Waals surface area contributed by atoms with Crippen molar-refractivity contribution in [1.82, 2.24) is 4.67 Å². The van der Waals surface area contributed by atoms with E-state index in [1.807, 2.05) is 12.1 Å². The molecule has 1 heterocycles. The molecule has 0 N–H and O–H groups in total. The predicted molar refractivity (Wildman–Crippen MR) is 176 cm³/mol. The topological polar surface area (TPSA) is 102 Å². The normalized spacial score (nSPS) is 15.3. The molecule has 2 aromatic carbocycles. The van der Waals surface area contributed by atoms with Crippen molar-refractivity contribution in [1.29, 1.82) is 0 Å². The first-order valence-electron chi connectivity index (χ1n) is 15.1. The highest BCUT2D eigenvalue weighted by molar-refractivity contribution is 7.44. The predicted octanol–water partition coefficient (Wildman–Crippen LogP) is 9.59. The van der Waals surface area contributed by atoms with Crippen LogP contribution in [-0.2, 0) is 9.05 Å². The molecule has 0 saturated carbocycles. The Hall–Kier alpha value is -2.91. The van der Waals surface area contributed by atoms with Gasteiger partial charge >= 0.3 is 0 Å². The molecule has 11 heteroatoms. The number of benzene rings is 2. The number of hydrogen-bond donors (Lipinski definition) is 0. The van der Waals surface area contributed by atoms with E-state index in [4.69, 9.17) is 13.8 Å². The molecule has 0 spiro atoms. The second-order valence-electron chi connectivity index (χ2n) is 11.8. The first-order valence-corrected chi connectivity index (χ1v) is 16.2. The van der Waals surface area contributed by atoms with E-state index >= 15 is 0 Å². The van der Waals surface area contributed by atoms with Crippen LogP contribution in [0.5, 0.6) is 5.75 Å². The lowest BCUT2D eigenvalue weighted by Crippen LogP contribution is -2.45. The first kappa shape index (κ1) is 34.6. The molecule has 1 aliphatic heterocycles. The highest BCUT2D eigenvalue weighted by Crippen LogP contribution is 2.47. The summed E-state index contributed by atoms with van der Waals surface area (Å²) in [5, 5.41) is 19.7. The number of nitro groups is 1. The van der Waals surface area contributed by atoms with Crippen molar-refractivity contribution in [3.63, 3.8) is 0 Å². The van der Waals surface area contributed by atoms with Crippen molar-refractivity contribution in [2.75, 3.05) is 31.8 Å². The summed E-state index contributed by atoms with van der Waals surface area (Å²) < 4.78 is 20.6. The number of nitro benzene ring substituents is 1. The van der Waals surface area contributed by atoms with E-state index in [9.17, 15) is 10.1 Å². The van der Waals surface area contributed by atoms with Gasteiger partial charge in [0.15, 0.2) is 0 Å². The Bertz CT molecular complexity index is 1270. The third-order valence-electron chi connectivity index (χ3n) is 7.24. The molecule has 10 nitrogen and oxygen atoms in total. The molecule has 236 valence electrons. The van der Waals surface area contributed by atoms with Gasteiger partial charge in [-0.15, -0.1) is 5.11 Å². The Kier molecular flexibility index (Phi) is 12.6. The number of unbranched alkanes of at least 4 members (excludes halogenated alkanes) is 1. The largest absolute Gasteiger partial charge is 0.494 e. The van der Waals surface area contributed by atoms with Crippen LogP contribution in [0.15, 0.2) is 52.7 Å². The standard InChI is InChI=1S/C32H48N5O5P/c1-10-18-41-43(36(23(2)3)24(4)5)42-19-12-11-17-35-30-21-31(40-9)29(20-28(30)25(6)22-32(35,7)8)34-33-26-13-15-27(16-14-26)37(38)39/h13-16,20-24H,10-12,17-19H2,1-9H3/b34-33+. The molecule has 0 aliphatic carbocycles. The van der Waals surface area contributed by atoms with Gasteiger partial charge in [-0.2, -0.15) is 5.11 Å². The van der Waals surface area contributed by atoms with Crippen molar-refractivity contribution in [3.8, 4) is 5.75 Å². The third kappa shape index (κ3) is 9.05. The summed E-state index contributed by atoms with van der Waals surface area (Å²) in [6, 6.07) is 10.7. The van der Waals surface area contributed by atoms with E-state index < -0.39 is 13.4 Å². The molecule has 3 rings (SSSR count). The zero-order chi connectivity index (χ0) is 31.7. The van der Waals surface area contributed by atoms with Crippen LogP contribution in [0.4, 0.5) is 22.7 Å². The molecule has 0 aromatic heterocycles. The maximum absolute atomic E-state index is 11.0.